The number of nitrogens with one attached hydrogen (secondary N) is 2. The lowest BCUT2D eigenvalue weighted by atomic mass is 10.0. The first-order valence-corrected chi connectivity index (χ1v) is 9.02. The van der Waals surface area contributed by atoms with Crippen molar-refractivity contribution in [2.45, 2.75) is 58.0 Å². The van der Waals surface area contributed by atoms with Crippen LogP contribution in [0.4, 0.5) is 5.69 Å². The van der Waals surface area contributed by atoms with Crippen LogP contribution >= 0.6 is 12.4 Å². The second kappa shape index (κ2) is 8.68. The lowest BCUT2D eigenvalue weighted by Gasteiger charge is -2.33. The Hall–Kier alpha value is -1.59. The number of benzene rings is 1. The first kappa shape index (κ1) is 19.7. The first-order valence-electron chi connectivity index (χ1n) is 9.02. The van der Waals surface area contributed by atoms with Crippen LogP contribution in [0.15, 0.2) is 18.2 Å². The monoisotopic (exact) mass is 365 g/mol. The van der Waals surface area contributed by atoms with Gasteiger partial charge in [0.1, 0.15) is 0 Å². The third kappa shape index (κ3) is 4.53. The average Bonchev–Trinajstić information content (AvgIpc) is 3.11. The Morgan fingerprint density at radius 3 is 2.64 bits per heavy atom. The van der Waals surface area contributed by atoms with Gasteiger partial charge in [0.2, 0.25) is 5.91 Å². The maximum Gasteiger partial charge on any atom is 0.254 e. The van der Waals surface area contributed by atoms with Crippen molar-refractivity contribution >= 4 is 29.9 Å². The molecule has 2 amide bonds. The molecule has 138 valence electrons. The van der Waals surface area contributed by atoms with Crippen molar-refractivity contribution in [3.05, 3.63) is 29.3 Å². The Bertz CT molecular complexity index is 629. The number of anilines is 1. The largest absolute Gasteiger partial charge is 0.336 e. The van der Waals surface area contributed by atoms with E-state index in [1.807, 2.05) is 30.0 Å². The van der Waals surface area contributed by atoms with E-state index in [4.69, 9.17) is 0 Å². The molecule has 1 aromatic carbocycles. The lowest BCUT2D eigenvalue weighted by molar-refractivity contribution is -0.117. The van der Waals surface area contributed by atoms with Gasteiger partial charge < -0.3 is 15.5 Å². The van der Waals surface area contributed by atoms with E-state index in [0.29, 0.717) is 11.6 Å². The summed E-state index contributed by atoms with van der Waals surface area (Å²) in [6, 6.07) is 5.78. The molecule has 2 aliphatic heterocycles. The Kier molecular flexibility index (Phi) is 6.85. The summed E-state index contributed by atoms with van der Waals surface area (Å²) in [5, 5.41) is 6.18. The molecule has 2 unspecified atom stereocenters. The van der Waals surface area contributed by atoms with Crippen molar-refractivity contribution < 1.29 is 9.59 Å². The van der Waals surface area contributed by atoms with Gasteiger partial charge in [0.05, 0.1) is 6.04 Å². The molecule has 2 heterocycles. The molecule has 5 nitrogen and oxygen atoms in total. The topological polar surface area (TPSA) is 61.4 Å². The van der Waals surface area contributed by atoms with E-state index in [1.165, 1.54) is 6.42 Å². The lowest BCUT2D eigenvalue weighted by Crippen LogP contribution is -2.42. The minimum atomic E-state index is -0.0973. The molecule has 2 fully saturated rings. The molecular formula is C19H28ClN3O2. The number of amides is 2. The van der Waals surface area contributed by atoms with Gasteiger partial charge in [-0.3, -0.25) is 9.59 Å². The van der Waals surface area contributed by atoms with Crippen molar-refractivity contribution in [3.8, 4) is 0 Å². The third-order valence-corrected chi connectivity index (χ3v) is 5.17. The number of hydrogen-bond donors (Lipinski definition) is 2. The van der Waals surface area contributed by atoms with Gasteiger partial charge in [0, 0.05) is 23.8 Å². The zero-order valence-electron chi connectivity index (χ0n) is 15.0. The molecule has 0 aliphatic carbocycles. The van der Waals surface area contributed by atoms with Crippen molar-refractivity contribution in [3.63, 3.8) is 0 Å². The molecule has 0 aromatic heterocycles. The SMILES string of the molecule is Cc1cc(C(=O)N2CCCCC2C)ccc1NC(=O)C1CCCN1.Cl. The summed E-state index contributed by atoms with van der Waals surface area (Å²) < 4.78 is 0. The molecule has 0 bridgehead atoms. The van der Waals surface area contributed by atoms with Crippen molar-refractivity contribution in [2.24, 2.45) is 0 Å². The number of halogens is 1. The van der Waals surface area contributed by atoms with E-state index < -0.39 is 0 Å². The van der Waals surface area contributed by atoms with Crippen molar-refractivity contribution in [1.82, 2.24) is 10.2 Å². The zero-order chi connectivity index (χ0) is 17.1. The number of nitrogens with zero attached hydrogens (tertiary/aromatic N) is 1. The van der Waals surface area contributed by atoms with Crippen molar-refractivity contribution in [2.75, 3.05) is 18.4 Å². The third-order valence-electron chi connectivity index (χ3n) is 5.17. The van der Waals surface area contributed by atoms with E-state index >= 15 is 0 Å². The maximum atomic E-state index is 12.7. The quantitative estimate of drug-likeness (QED) is 0.865. The Morgan fingerprint density at radius 2 is 2.00 bits per heavy atom. The Labute approximate surface area is 155 Å². The van der Waals surface area contributed by atoms with E-state index in [9.17, 15) is 9.59 Å². The van der Waals surface area contributed by atoms with Crippen molar-refractivity contribution in [1.29, 1.82) is 0 Å². The standard InChI is InChI=1S/C19H27N3O2.ClH/c1-13-12-15(19(24)22-11-4-3-6-14(22)2)8-9-16(13)21-18(23)17-7-5-10-20-17;/h8-9,12,14,17,20H,3-7,10-11H2,1-2H3,(H,21,23);1H. The van der Waals surface area contributed by atoms with E-state index in [-0.39, 0.29) is 30.3 Å². The second-order valence-electron chi connectivity index (χ2n) is 7.01. The highest BCUT2D eigenvalue weighted by molar-refractivity contribution is 5.98. The minimum absolute atomic E-state index is 0. The number of hydrogen-bond acceptors (Lipinski definition) is 3. The van der Waals surface area contributed by atoms with Crippen LogP contribution in [0.25, 0.3) is 0 Å². The molecule has 3 rings (SSSR count). The molecule has 0 saturated carbocycles. The fourth-order valence-electron chi connectivity index (χ4n) is 3.63. The number of rotatable bonds is 3. The number of aryl methyl sites for hydroxylation is 1. The van der Waals surface area contributed by atoms with Gasteiger partial charge in [-0.05, 0) is 76.3 Å². The van der Waals surface area contributed by atoms with Gasteiger partial charge >= 0.3 is 0 Å². The molecule has 2 atom stereocenters. The number of piperidine rings is 1. The van der Waals surface area contributed by atoms with Crippen LogP contribution in [-0.2, 0) is 4.79 Å². The first-order chi connectivity index (χ1) is 11.6. The van der Waals surface area contributed by atoms with Crippen LogP contribution in [0.1, 0.15) is 54.9 Å². The molecule has 25 heavy (non-hydrogen) atoms. The predicted octanol–water partition coefficient (Wildman–Crippen LogP) is 3.12. The highest BCUT2D eigenvalue weighted by Gasteiger charge is 2.25. The minimum Gasteiger partial charge on any atom is -0.336 e. The average molecular weight is 366 g/mol. The van der Waals surface area contributed by atoms with Gasteiger partial charge in [-0.25, -0.2) is 0 Å². The van der Waals surface area contributed by atoms with Crippen LogP contribution in [0.5, 0.6) is 0 Å². The fourth-order valence-corrected chi connectivity index (χ4v) is 3.63. The van der Waals surface area contributed by atoms with Gasteiger partial charge in [0.25, 0.3) is 5.91 Å². The van der Waals surface area contributed by atoms with E-state index in [2.05, 4.69) is 17.6 Å². The Morgan fingerprint density at radius 1 is 1.20 bits per heavy atom. The summed E-state index contributed by atoms with van der Waals surface area (Å²) in [6.07, 6.45) is 5.28. The highest BCUT2D eigenvalue weighted by Crippen LogP contribution is 2.22. The summed E-state index contributed by atoms with van der Waals surface area (Å²) >= 11 is 0. The van der Waals surface area contributed by atoms with Gasteiger partial charge in [-0.1, -0.05) is 0 Å². The van der Waals surface area contributed by atoms with Crippen LogP contribution in [-0.4, -0.2) is 41.9 Å². The summed E-state index contributed by atoms with van der Waals surface area (Å²) in [5.41, 5.74) is 2.42. The molecule has 0 radical (unpaired) electrons. The van der Waals surface area contributed by atoms with E-state index in [1.54, 1.807) is 0 Å². The molecule has 2 aliphatic rings. The molecule has 1 aromatic rings. The van der Waals surface area contributed by atoms with Gasteiger partial charge in [-0.2, -0.15) is 0 Å². The smallest absolute Gasteiger partial charge is 0.254 e. The molecule has 0 spiro atoms. The fraction of sp³-hybridized carbons (Fsp3) is 0.579. The van der Waals surface area contributed by atoms with Gasteiger partial charge in [-0.15, -0.1) is 12.4 Å². The summed E-state index contributed by atoms with van der Waals surface area (Å²) in [6.45, 7) is 5.80. The summed E-state index contributed by atoms with van der Waals surface area (Å²) in [7, 11) is 0. The molecule has 2 N–H and O–H groups in total. The van der Waals surface area contributed by atoms with Crippen LogP contribution in [0, 0.1) is 6.92 Å². The second-order valence-corrected chi connectivity index (χ2v) is 7.01. The van der Waals surface area contributed by atoms with Gasteiger partial charge in [0.15, 0.2) is 0 Å². The summed E-state index contributed by atoms with van der Waals surface area (Å²) in [5.74, 6) is 0.111. The number of carbonyl (C=O) groups is 2. The highest BCUT2D eigenvalue weighted by atomic mass is 35.5. The normalized spacial score (nSPS) is 23.0. The van der Waals surface area contributed by atoms with E-state index in [0.717, 1.165) is 50.0 Å². The van der Waals surface area contributed by atoms with Crippen LogP contribution < -0.4 is 10.6 Å². The Balaban J connectivity index is 0.00000225. The maximum absolute atomic E-state index is 12.7. The number of likely N-dealkylation sites (tertiary alicyclic amines) is 1. The summed E-state index contributed by atoms with van der Waals surface area (Å²) in [4.78, 5) is 26.9. The van der Waals surface area contributed by atoms with Crippen LogP contribution in [0.3, 0.4) is 0 Å². The molecule has 2 saturated heterocycles. The predicted molar refractivity (Wildman–Crippen MR) is 102 cm³/mol. The number of carbonyl (C=O) groups excluding carboxylic acids is 2. The zero-order valence-corrected chi connectivity index (χ0v) is 15.8. The molecule has 6 heteroatoms. The van der Waals surface area contributed by atoms with Crippen LogP contribution in [0.2, 0.25) is 0 Å². The molecular weight excluding hydrogens is 338 g/mol.